The van der Waals surface area contributed by atoms with Crippen LogP contribution in [0.25, 0.3) is 11.3 Å². The lowest BCUT2D eigenvalue weighted by Gasteiger charge is -2.20. The van der Waals surface area contributed by atoms with Gasteiger partial charge in [0, 0.05) is 15.8 Å². The van der Waals surface area contributed by atoms with E-state index in [-0.39, 0.29) is 0 Å². The molecule has 1 atom stereocenters. The van der Waals surface area contributed by atoms with Gasteiger partial charge in [-0.1, -0.05) is 44.2 Å². The van der Waals surface area contributed by atoms with E-state index in [1.165, 1.54) is 28.2 Å². The molecule has 0 saturated heterocycles. The number of nitrogens with zero attached hydrogens (tertiary/aromatic N) is 1. The Morgan fingerprint density at radius 2 is 1.81 bits per heavy atom. The van der Waals surface area contributed by atoms with Crippen molar-refractivity contribution >= 4 is 38.7 Å². The molecule has 2 aromatic heterocycles. The van der Waals surface area contributed by atoms with Gasteiger partial charge in [0.15, 0.2) is 5.75 Å². The van der Waals surface area contributed by atoms with Gasteiger partial charge in [0.1, 0.15) is 16.7 Å². The Balaban J connectivity index is 1.84. The molecule has 32 heavy (non-hydrogen) atoms. The number of thiophene rings is 1. The summed E-state index contributed by atoms with van der Waals surface area (Å²) < 4.78 is 33.3. The third-order valence-electron chi connectivity index (χ3n) is 4.50. The number of carbonyl (C=O) groups excluding carboxylic acids is 1. The van der Waals surface area contributed by atoms with Crippen LogP contribution in [0, 0.1) is 0 Å². The van der Waals surface area contributed by atoms with E-state index >= 15 is 0 Å². The normalized spacial score (nSPS) is 13.3. The van der Waals surface area contributed by atoms with Gasteiger partial charge in [0.25, 0.3) is 0 Å². The zero-order valence-corrected chi connectivity index (χ0v) is 21.2. The van der Waals surface area contributed by atoms with Crippen molar-refractivity contribution in [3.63, 3.8) is 0 Å². The van der Waals surface area contributed by atoms with E-state index in [1.54, 1.807) is 20.8 Å². The Hall–Kier alpha value is -2.07. The van der Waals surface area contributed by atoms with Gasteiger partial charge in [0.05, 0.1) is 5.69 Å². The number of thiazole rings is 1. The summed E-state index contributed by atoms with van der Waals surface area (Å²) in [6.45, 7) is 9.38. The smallest absolute Gasteiger partial charge is 0.323 e. The Morgan fingerprint density at radius 1 is 1.12 bits per heavy atom. The Bertz CT molecular complexity index is 1140. The van der Waals surface area contributed by atoms with Gasteiger partial charge < -0.3 is 4.74 Å². The van der Waals surface area contributed by atoms with Crippen LogP contribution in [0.2, 0.25) is 0 Å². The minimum atomic E-state index is -3.95. The van der Waals surface area contributed by atoms with E-state index in [9.17, 15) is 13.2 Å². The van der Waals surface area contributed by atoms with Crippen LogP contribution in [0.15, 0.2) is 47.2 Å². The first-order chi connectivity index (χ1) is 14.9. The van der Waals surface area contributed by atoms with Crippen LogP contribution in [0.3, 0.4) is 0 Å². The van der Waals surface area contributed by atoms with Crippen molar-refractivity contribution in [3.8, 4) is 11.3 Å². The number of carbonyl (C=O) groups is 1. The number of hydrogen-bond donors (Lipinski definition) is 1. The van der Waals surface area contributed by atoms with E-state index in [0.29, 0.717) is 10.9 Å². The molecule has 1 aromatic carbocycles. The third kappa shape index (κ3) is 6.71. The molecular weight excluding hydrogens is 464 g/mol. The summed E-state index contributed by atoms with van der Waals surface area (Å²) in [5.41, 5.74) is 2.25. The fourth-order valence-corrected chi connectivity index (χ4v) is 5.97. The number of ether oxygens (including phenoxy) is 1. The van der Waals surface area contributed by atoms with Crippen molar-refractivity contribution in [1.29, 1.82) is 0 Å². The predicted octanol–water partition coefficient (Wildman–Crippen LogP) is 5.35. The monoisotopic (exact) mass is 492 g/mol. The summed E-state index contributed by atoms with van der Waals surface area (Å²) in [7, 11) is -3.95. The second-order valence-corrected chi connectivity index (χ2v) is 12.4. The maximum Gasteiger partial charge on any atom is 0.323 e. The molecule has 3 aromatic rings. The Morgan fingerprint density at radius 3 is 2.38 bits per heavy atom. The molecule has 6 nitrogen and oxygen atoms in total. The quantitative estimate of drug-likeness (QED) is 0.429. The van der Waals surface area contributed by atoms with Crippen molar-refractivity contribution in [1.82, 2.24) is 9.71 Å². The van der Waals surface area contributed by atoms with Crippen LogP contribution in [0.4, 0.5) is 0 Å². The first-order valence-electron chi connectivity index (χ1n) is 10.2. The Labute approximate surface area is 197 Å². The molecule has 0 spiro atoms. The summed E-state index contributed by atoms with van der Waals surface area (Å²) in [5.74, 6) is -1.10. The summed E-state index contributed by atoms with van der Waals surface area (Å²) >= 11 is 2.81. The number of nitrogens with one attached hydrogen (secondary N) is 1. The van der Waals surface area contributed by atoms with E-state index in [4.69, 9.17) is 9.72 Å². The highest BCUT2D eigenvalue weighted by Gasteiger charge is 2.28. The SMILES string of the molecule is CC(C)c1ccc(-c2csc(C(NS(=O)(=O)CC(=O)OC(C)(C)C)c3cccs3)n2)cc1. The van der Waals surface area contributed by atoms with Gasteiger partial charge in [-0.3, -0.25) is 4.79 Å². The lowest BCUT2D eigenvalue weighted by molar-refractivity contribution is -0.151. The van der Waals surface area contributed by atoms with Crippen molar-refractivity contribution in [2.75, 3.05) is 5.75 Å². The molecule has 0 fully saturated rings. The van der Waals surface area contributed by atoms with E-state index in [1.807, 2.05) is 35.0 Å². The minimum Gasteiger partial charge on any atom is -0.459 e. The standard InChI is InChI=1S/C23H28N2O4S3/c1-15(2)16-8-10-17(11-9-16)18-13-31-22(24-18)21(19-7-6-12-30-19)25-32(27,28)14-20(26)29-23(3,4)5/h6-13,15,21,25H,14H2,1-5H3. The van der Waals surface area contributed by atoms with Gasteiger partial charge in [0.2, 0.25) is 10.0 Å². The largest absolute Gasteiger partial charge is 0.459 e. The van der Waals surface area contributed by atoms with Crippen LogP contribution < -0.4 is 4.72 Å². The summed E-state index contributed by atoms with van der Waals surface area (Å²) in [4.78, 5) is 17.6. The van der Waals surface area contributed by atoms with Gasteiger partial charge >= 0.3 is 5.97 Å². The fraction of sp³-hybridized carbons (Fsp3) is 0.391. The van der Waals surface area contributed by atoms with Crippen LogP contribution in [-0.4, -0.2) is 30.7 Å². The van der Waals surface area contributed by atoms with Crippen LogP contribution >= 0.6 is 22.7 Å². The zero-order valence-electron chi connectivity index (χ0n) is 18.8. The highest BCUT2D eigenvalue weighted by molar-refractivity contribution is 7.90. The molecule has 2 heterocycles. The van der Waals surface area contributed by atoms with Gasteiger partial charge in [-0.05, 0) is 43.7 Å². The zero-order chi connectivity index (χ0) is 23.5. The van der Waals surface area contributed by atoms with Crippen molar-refractivity contribution in [3.05, 3.63) is 62.6 Å². The highest BCUT2D eigenvalue weighted by Crippen LogP contribution is 2.32. The van der Waals surface area contributed by atoms with Gasteiger partial charge in [-0.15, -0.1) is 22.7 Å². The molecule has 0 aliphatic heterocycles. The molecular formula is C23H28N2O4S3. The van der Waals surface area contributed by atoms with Crippen molar-refractivity contribution < 1.29 is 17.9 Å². The second-order valence-electron chi connectivity index (χ2n) is 8.76. The molecule has 0 aliphatic carbocycles. The van der Waals surface area contributed by atoms with E-state index in [2.05, 4.69) is 30.7 Å². The van der Waals surface area contributed by atoms with Gasteiger partial charge in [-0.2, -0.15) is 4.72 Å². The topological polar surface area (TPSA) is 85.4 Å². The number of hydrogen-bond acceptors (Lipinski definition) is 7. The van der Waals surface area contributed by atoms with E-state index < -0.39 is 33.4 Å². The first kappa shape index (κ1) is 24.6. The molecule has 0 radical (unpaired) electrons. The van der Waals surface area contributed by atoms with Crippen LogP contribution in [0.5, 0.6) is 0 Å². The Kier molecular flexibility index (Phi) is 7.54. The van der Waals surface area contributed by atoms with Crippen LogP contribution in [-0.2, 0) is 19.6 Å². The predicted molar refractivity (Wildman–Crippen MR) is 131 cm³/mol. The fourth-order valence-electron chi connectivity index (χ4n) is 3.02. The number of rotatable bonds is 8. The molecule has 0 amide bonds. The summed E-state index contributed by atoms with van der Waals surface area (Å²) in [5, 5.41) is 4.41. The number of aromatic nitrogens is 1. The molecule has 9 heteroatoms. The highest BCUT2D eigenvalue weighted by atomic mass is 32.2. The second kappa shape index (κ2) is 9.82. The maximum atomic E-state index is 12.8. The molecule has 0 bridgehead atoms. The number of benzene rings is 1. The van der Waals surface area contributed by atoms with Gasteiger partial charge in [-0.25, -0.2) is 13.4 Å². The average Bonchev–Trinajstić information content (AvgIpc) is 3.36. The number of sulfonamides is 1. The van der Waals surface area contributed by atoms with Crippen molar-refractivity contribution in [2.45, 2.75) is 52.2 Å². The number of esters is 1. The lowest BCUT2D eigenvalue weighted by Crippen LogP contribution is -2.36. The van der Waals surface area contributed by atoms with Crippen LogP contribution in [0.1, 0.15) is 62.0 Å². The summed E-state index contributed by atoms with van der Waals surface area (Å²) in [6.07, 6.45) is 0. The van der Waals surface area contributed by atoms with E-state index in [0.717, 1.165) is 16.1 Å². The maximum absolute atomic E-state index is 12.8. The third-order valence-corrected chi connectivity index (χ3v) is 7.55. The molecule has 0 saturated carbocycles. The molecule has 3 rings (SSSR count). The average molecular weight is 493 g/mol. The molecule has 1 unspecified atom stereocenters. The molecule has 0 aliphatic rings. The first-order valence-corrected chi connectivity index (χ1v) is 13.7. The summed E-state index contributed by atoms with van der Waals surface area (Å²) in [6, 6.07) is 11.3. The molecule has 172 valence electrons. The minimum absolute atomic E-state index is 0.442. The molecule has 1 N–H and O–H groups in total. The lowest BCUT2D eigenvalue weighted by atomic mass is 10.0. The van der Waals surface area contributed by atoms with Crippen molar-refractivity contribution in [2.24, 2.45) is 0 Å².